The Labute approximate surface area is 103 Å². The van der Waals surface area contributed by atoms with Crippen LogP contribution in [0.5, 0.6) is 0 Å². The summed E-state index contributed by atoms with van der Waals surface area (Å²) in [5.41, 5.74) is 2.33. The van der Waals surface area contributed by atoms with E-state index in [4.69, 9.17) is 4.42 Å². The van der Waals surface area contributed by atoms with E-state index in [2.05, 4.69) is 53.0 Å². The third-order valence-electron chi connectivity index (χ3n) is 2.53. The fraction of sp³-hybridized carbons (Fsp3) is 0.333. The molecule has 0 bridgehead atoms. The van der Waals surface area contributed by atoms with Gasteiger partial charge in [-0.25, -0.2) is 0 Å². The van der Waals surface area contributed by atoms with Crippen LogP contribution in [0, 0.1) is 3.57 Å². The second-order valence-corrected chi connectivity index (χ2v) is 4.77. The van der Waals surface area contributed by atoms with Crippen molar-refractivity contribution in [2.24, 2.45) is 0 Å². The van der Waals surface area contributed by atoms with Crippen LogP contribution in [0.1, 0.15) is 18.2 Å². The zero-order valence-corrected chi connectivity index (χ0v) is 11.1. The lowest BCUT2D eigenvalue weighted by molar-refractivity contribution is 0.524. The van der Waals surface area contributed by atoms with Gasteiger partial charge in [0.15, 0.2) is 0 Å². The normalized spacial score (nSPS) is 11.1. The van der Waals surface area contributed by atoms with Crippen molar-refractivity contribution in [1.29, 1.82) is 0 Å². The molecule has 2 aromatic rings. The minimum atomic E-state index is 0.800. The molecule has 0 atom stereocenters. The second kappa shape index (κ2) is 4.53. The van der Waals surface area contributed by atoms with E-state index in [1.165, 1.54) is 14.5 Å². The molecule has 0 unspecified atom stereocenters. The highest BCUT2D eigenvalue weighted by atomic mass is 127. The molecule has 0 fully saturated rings. The van der Waals surface area contributed by atoms with Crippen LogP contribution in [-0.4, -0.2) is 7.05 Å². The van der Waals surface area contributed by atoms with Gasteiger partial charge >= 0.3 is 0 Å². The van der Waals surface area contributed by atoms with Crippen molar-refractivity contribution in [3.05, 3.63) is 33.1 Å². The number of aryl methyl sites for hydroxylation is 1. The van der Waals surface area contributed by atoms with Crippen LogP contribution in [0.4, 0.5) is 0 Å². The number of rotatable bonds is 3. The van der Waals surface area contributed by atoms with Crippen molar-refractivity contribution in [3.8, 4) is 0 Å². The standard InChI is InChI=1S/C12H14INO/c1-3-9-10-6-8(13)4-5-11(10)15-12(9)7-14-2/h4-6,14H,3,7H2,1-2H3. The Bertz CT molecular complexity index is 476. The van der Waals surface area contributed by atoms with E-state index in [0.717, 1.165) is 24.3 Å². The monoisotopic (exact) mass is 315 g/mol. The molecule has 0 saturated heterocycles. The minimum Gasteiger partial charge on any atom is -0.459 e. The van der Waals surface area contributed by atoms with Gasteiger partial charge in [0.25, 0.3) is 0 Å². The number of benzene rings is 1. The maximum atomic E-state index is 5.82. The molecule has 1 aromatic heterocycles. The molecule has 3 heteroatoms. The summed E-state index contributed by atoms with van der Waals surface area (Å²) in [5.74, 6) is 1.07. The minimum absolute atomic E-state index is 0.800. The van der Waals surface area contributed by atoms with E-state index in [0.29, 0.717) is 0 Å². The van der Waals surface area contributed by atoms with Gasteiger partial charge in [-0.2, -0.15) is 0 Å². The summed E-state index contributed by atoms with van der Waals surface area (Å²) in [7, 11) is 1.94. The quantitative estimate of drug-likeness (QED) is 0.879. The van der Waals surface area contributed by atoms with Gasteiger partial charge in [-0.3, -0.25) is 0 Å². The molecular formula is C12H14INO. The van der Waals surface area contributed by atoms with E-state index < -0.39 is 0 Å². The highest BCUT2D eigenvalue weighted by Gasteiger charge is 2.11. The van der Waals surface area contributed by atoms with Crippen molar-refractivity contribution in [3.63, 3.8) is 0 Å². The number of hydrogen-bond donors (Lipinski definition) is 1. The highest BCUT2D eigenvalue weighted by molar-refractivity contribution is 14.1. The Morgan fingerprint density at radius 2 is 2.20 bits per heavy atom. The number of halogens is 1. The maximum Gasteiger partial charge on any atom is 0.134 e. The van der Waals surface area contributed by atoms with Crippen molar-refractivity contribution in [1.82, 2.24) is 5.32 Å². The zero-order chi connectivity index (χ0) is 10.8. The lowest BCUT2D eigenvalue weighted by Gasteiger charge is -1.98. The fourth-order valence-electron chi connectivity index (χ4n) is 1.86. The average molecular weight is 315 g/mol. The predicted octanol–water partition coefficient (Wildman–Crippen LogP) is 3.32. The average Bonchev–Trinajstić information content (AvgIpc) is 2.55. The smallest absolute Gasteiger partial charge is 0.134 e. The first-order valence-electron chi connectivity index (χ1n) is 5.10. The van der Waals surface area contributed by atoms with Crippen LogP contribution in [0.3, 0.4) is 0 Å². The van der Waals surface area contributed by atoms with Crippen molar-refractivity contribution in [2.75, 3.05) is 7.05 Å². The summed E-state index contributed by atoms with van der Waals surface area (Å²) in [6, 6.07) is 6.32. The summed E-state index contributed by atoms with van der Waals surface area (Å²) >= 11 is 2.33. The summed E-state index contributed by atoms with van der Waals surface area (Å²) in [5, 5.41) is 4.40. The van der Waals surface area contributed by atoms with E-state index >= 15 is 0 Å². The molecule has 0 spiro atoms. The van der Waals surface area contributed by atoms with Crippen LogP contribution in [0.2, 0.25) is 0 Å². The van der Waals surface area contributed by atoms with Gasteiger partial charge in [-0.1, -0.05) is 6.92 Å². The van der Waals surface area contributed by atoms with Gasteiger partial charge in [0, 0.05) is 14.5 Å². The molecule has 80 valence electrons. The first-order chi connectivity index (χ1) is 7.26. The van der Waals surface area contributed by atoms with Crippen LogP contribution in [0.25, 0.3) is 11.0 Å². The lowest BCUT2D eigenvalue weighted by Crippen LogP contribution is -2.05. The number of hydrogen-bond acceptors (Lipinski definition) is 2. The van der Waals surface area contributed by atoms with Crippen molar-refractivity contribution >= 4 is 33.6 Å². The first-order valence-corrected chi connectivity index (χ1v) is 6.18. The lowest BCUT2D eigenvalue weighted by atomic mass is 10.1. The Morgan fingerprint density at radius 3 is 2.87 bits per heavy atom. The van der Waals surface area contributed by atoms with Gasteiger partial charge in [0.05, 0.1) is 6.54 Å². The largest absolute Gasteiger partial charge is 0.459 e. The van der Waals surface area contributed by atoms with Crippen LogP contribution >= 0.6 is 22.6 Å². The topological polar surface area (TPSA) is 25.2 Å². The van der Waals surface area contributed by atoms with Gasteiger partial charge < -0.3 is 9.73 Å². The molecule has 0 aliphatic heterocycles. The summed E-state index contributed by atoms with van der Waals surface area (Å²) in [4.78, 5) is 0. The first kappa shape index (κ1) is 11.0. The Hall–Kier alpha value is -0.550. The highest BCUT2D eigenvalue weighted by Crippen LogP contribution is 2.27. The summed E-state index contributed by atoms with van der Waals surface area (Å²) in [6.07, 6.45) is 1.02. The van der Waals surface area contributed by atoms with Crippen molar-refractivity contribution in [2.45, 2.75) is 19.9 Å². The molecule has 1 aromatic carbocycles. The van der Waals surface area contributed by atoms with Gasteiger partial charge in [-0.15, -0.1) is 0 Å². The molecule has 0 aliphatic carbocycles. The maximum absolute atomic E-state index is 5.82. The second-order valence-electron chi connectivity index (χ2n) is 3.53. The fourth-order valence-corrected chi connectivity index (χ4v) is 2.35. The molecule has 2 rings (SSSR count). The Kier molecular flexibility index (Phi) is 3.31. The molecule has 1 N–H and O–H groups in total. The van der Waals surface area contributed by atoms with Gasteiger partial charge in [0.1, 0.15) is 11.3 Å². The number of furan rings is 1. The summed E-state index contributed by atoms with van der Waals surface area (Å²) < 4.78 is 7.08. The van der Waals surface area contributed by atoms with E-state index in [-0.39, 0.29) is 0 Å². The zero-order valence-electron chi connectivity index (χ0n) is 8.93. The van der Waals surface area contributed by atoms with Crippen molar-refractivity contribution < 1.29 is 4.42 Å². The van der Waals surface area contributed by atoms with Crippen LogP contribution < -0.4 is 5.32 Å². The van der Waals surface area contributed by atoms with E-state index in [9.17, 15) is 0 Å². The van der Waals surface area contributed by atoms with Gasteiger partial charge in [-0.05, 0) is 54.3 Å². The molecular weight excluding hydrogens is 301 g/mol. The molecule has 15 heavy (non-hydrogen) atoms. The SMILES string of the molecule is CCc1c(CNC)oc2ccc(I)cc12. The van der Waals surface area contributed by atoms with E-state index in [1.807, 2.05) is 7.05 Å². The molecule has 1 heterocycles. The van der Waals surface area contributed by atoms with E-state index in [1.54, 1.807) is 0 Å². The summed E-state index contributed by atoms with van der Waals surface area (Å²) in [6.45, 7) is 2.97. The third kappa shape index (κ3) is 2.03. The molecule has 0 radical (unpaired) electrons. The molecule has 0 aliphatic rings. The molecule has 0 saturated carbocycles. The molecule has 0 amide bonds. The number of fused-ring (bicyclic) bond motifs is 1. The Balaban J connectivity index is 2.63. The molecule has 2 nitrogen and oxygen atoms in total. The third-order valence-corrected chi connectivity index (χ3v) is 3.20. The van der Waals surface area contributed by atoms with Crippen LogP contribution in [0.15, 0.2) is 22.6 Å². The number of nitrogens with one attached hydrogen (secondary N) is 1. The van der Waals surface area contributed by atoms with Gasteiger partial charge in [0.2, 0.25) is 0 Å². The van der Waals surface area contributed by atoms with Crippen LogP contribution in [-0.2, 0) is 13.0 Å². The predicted molar refractivity (Wildman–Crippen MR) is 71.1 cm³/mol. The Morgan fingerprint density at radius 1 is 1.40 bits per heavy atom.